The lowest BCUT2D eigenvalue weighted by atomic mass is 9.78. The molecular formula is C21H23N5O. The third-order valence-electron chi connectivity index (χ3n) is 6.08. The molecule has 3 aromatic rings. The van der Waals surface area contributed by atoms with Crippen LogP contribution in [0.25, 0.3) is 22.5 Å². The fourth-order valence-electron chi connectivity index (χ4n) is 4.75. The summed E-state index contributed by atoms with van der Waals surface area (Å²) in [7, 11) is 0. The Hall–Kier alpha value is -2.76. The molecule has 2 atom stereocenters. The summed E-state index contributed by atoms with van der Waals surface area (Å²) < 4.78 is 1.70. The number of piperidine rings is 1. The SMILES string of the molecule is O=C(/C=C/c1nnc2c3ccccc3cnn12)N1CCC[C@H]2CCCC[C@H]21. The summed E-state index contributed by atoms with van der Waals surface area (Å²) in [4.78, 5) is 14.9. The first-order chi connectivity index (χ1) is 13.3. The number of amides is 1. The molecule has 0 unspecified atom stereocenters. The number of likely N-dealkylation sites (tertiary alicyclic amines) is 1. The molecule has 2 aromatic heterocycles. The van der Waals surface area contributed by atoms with Crippen molar-refractivity contribution in [2.45, 2.75) is 44.6 Å². The Morgan fingerprint density at radius 1 is 1.07 bits per heavy atom. The maximum absolute atomic E-state index is 12.9. The van der Waals surface area contributed by atoms with E-state index < -0.39 is 0 Å². The molecule has 27 heavy (non-hydrogen) atoms. The van der Waals surface area contributed by atoms with Crippen molar-refractivity contribution in [1.29, 1.82) is 0 Å². The molecule has 2 fully saturated rings. The van der Waals surface area contributed by atoms with E-state index >= 15 is 0 Å². The van der Waals surface area contributed by atoms with Gasteiger partial charge in [0.15, 0.2) is 11.5 Å². The van der Waals surface area contributed by atoms with Crippen LogP contribution in [0.1, 0.15) is 44.3 Å². The van der Waals surface area contributed by atoms with Crippen LogP contribution in [0.5, 0.6) is 0 Å². The van der Waals surface area contributed by atoms with E-state index in [-0.39, 0.29) is 5.91 Å². The first-order valence-corrected chi connectivity index (χ1v) is 9.89. The van der Waals surface area contributed by atoms with Crippen LogP contribution in [-0.2, 0) is 4.79 Å². The van der Waals surface area contributed by atoms with Gasteiger partial charge in [0.2, 0.25) is 5.91 Å². The third-order valence-corrected chi connectivity index (χ3v) is 6.08. The summed E-state index contributed by atoms with van der Waals surface area (Å²) in [5.74, 6) is 1.36. The van der Waals surface area contributed by atoms with Gasteiger partial charge in [0.05, 0.1) is 6.20 Å². The number of carbonyl (C=O) groups is 1. The Balaban J connectivity index is 1.42. The van der Waals surface area contributed by atoms with Gasteiger partial charge in [0.25, 0.3) is 0 Å². The van der Waals surface area contributed by atoms with Gasteiger partial charge in [-0.1, -0.05) is 37.1 Å². The molecule has 2 aliphatic rings. The maximum atomic E-state index is 12.9. The smallest absolute Gasteiger partial charge is 0.246 e. The standard InChI is InChI=1S/C21H23N5O/c27-20(25-13-5-8-15-6-2-4-10-18(15)25)12-11-19-23-24-21-17-9-3-1-7-16(17)14-22-26(19)21/h1,3,7,9,11-12,14-15,18H,2,4-6,8,10,13H2/b12-11+/t15-,18-/m1/s1. The summed E-state index contributed by atoms with van der Waals surface area (Å²) in [5, 5.41) is 15.0. The Kier molecular flexibility index (Phi) is 4.11. The Labute approximate surface area is 157 Å². The number of fused-ring (bicyclic) bond motifs is 4. The van der Waals surface area contributed by atoms with Gasteiger partial charge < -0.3 is 4.90 Å². The molecular weight excluding hydrogens is 338 g/mol. The van der Waals surface area contributed by atoms with Crippen LogP contribution >= 0.6 is 0 Å². The maximum Gasteiger partial charge on any atom is 0.246 e. The fourth-order valence-corrected chi connectivity index (χ4v) is 4.75. The van der Waals surface area contributed by atoms with Crippen molar-refractivity contribution in [2.75, 3.05) is 6.54 Å². The molecule has 0 N–H and O–H groups in total. The van der Waals surface area contributed by atoms with Gasteiger partial charge in [0, 0.05) is 29.4 Å². The zero-order valence-electron chi connectivity index (χ0n) is 15.3. The van der Waals surface area contributed by atoms with Crippen molar-refractivity contribution in [3.05, 3.63) is 42.4 Å². The Morgan fingerprint density at radius 2 is 1.93 bits per heavy atom. The minimum Gasteiger partial charge on any atom is -0.336 e. The topological polar surface area (TPSA) is 63.4 Å². The second-order valence-corrected chi connectivity index (χ2v) is 7.64. The summed E-state index contributed by atoms with van der Waals surface area (Å²) >= 11 is 0. The molecule has 1 aliphatic carbocycles. The van der Waals surface area contributed by atoms with Crippen LogP contribution < -0.4 is 0 Å². The predicted molar refractivity (Wildman–Crippen MR) is 104 cm³/mol. The highest BCUT2D eigenvalue weighted by atomic mass is 16.2. The minimum absolute atomic E-state index is 0.0872. The second-order valence-electron chi connectivity index (χ2n) is 7.64. The molecule has 6 heteroatoms. The van der Waals surface area contributed by atoms with E-state index in [0.29, 0.717) is 23.4 Å². The molecule has 1 saturated heterocycles. The molecule has 5 rings (SSSR count). The van der Waals surface area contributed by atoms with Crippen LogP contribution in [0.2, 0.25) is 0 Å². The van der Waals surface area contributed by atoms with Gasteiger partial charge >= 0.3 is 0 Å². The van der Waals surface area contributed by atoms with Crippen LogP contribution in [0, 0.1) is 5.92 Å². The number of hydrogen-bond donors (Lipinski definition) is 0. The number of aromatic nitrogens is 4. The Bertz CT molecular complexity index is 1020. The first kappa shape index (κ1) is 16.4. The Morgan fingerprint density at radius 3 is 2.89 bits per heavy atom. The summed E-state index contributed by atoms with van der Waals surface area (Å²) in [6.07, 6.45) is 12.5. The zero-order chi connectivity index (χ0) is 18.2. The summed E-state index contributed by atoms with van der Waals surface area (Å²) in [6.45, 7) is 0.869. The predicted octanol–water partition coefficient (Wildman–Crippen LogP) is 3.47. The minimum atomic E-state index is 0.0872. The second kappa shape index (κ2) is 6.76. The number of benzene rings is 1. The molecule has 0 radical (unpaired) electrons. The molecule has 0 bridgehead atoms. The number of nitrogens with zero attached hydrogens (tertiary/aromatic N) is 5. The third kappa shape index (κ3) is 2.89. The van der Waals surface area contributed by atoms with E-state index in [1.54, 1.807) is 16.7 Å². The molecule has 0 spiro atoms. The average Bonchev–Trinajstić information content (AvgIpc) is 3.15. The van der Waals surface area contributed by atoms with E-state index in [4.69, 9.17) is 0 Å². The largest absolute Gasteiger partial charge is 0.336 e. The highest BCUT2D eigenvalue weighted by Crippen LogP contribution is 2.35. The number of carbonyl (C=O) groups excluding carboxylic acids is 1. The van der Waals surface area contributed by atoms with Gasteiger partial charge in [-0.15, -0.1) is 10.2 Å². The van der Waals surface area contributed by atoms with E-state index in [1.807, 2.05) is 30.5 Å². The number of rotatable bonds is 2. The highest BCUT2D eigenvalue weighted by Gasteiger charge is 2.34. The van der Waals surface area contributed by atoms with Gasteiger partial charge in [-0.3, -0.25) is 4.79 Å². The molecule has 6 nitrogen and oxygen atoms in total. The quantitative estimate of drug-likeness (QED) is 0.656. The summed E-state index contributed by atoms with van der Waals surface area (Å²) in [5.41, 5.74) is 0.713. The molecule has 1 aromatic carbocycles. The van der Waals surface area contributed by atoms with Crippen molar-refractivity contribution in [3.63, 3.8) is 0 Å². The lowest BCUT2D eigenvalue weighted by Gasteiger charge is -2.43. The number of hydrogen-bond acceptors (Lipinski definition) is 4. The molecule has 3 heterocycles. The van der Waals surface area contributed by atoms with Crippen LogP contribution in [-0.4, -0.2) is 43.2 Å². The van der Waals surface area contributed by atoms with Crippen LogP contribution in [0.4, 0.5) is 0 Å². The molecule has 1 amide bonds. The highest BCUT2D eigenvalue weighted by molar-refractivity contribution is 5.94. The monoisotopic (exact) mass is 361 g/mol. The van der Waals surface area contributed by atoms with E-state index in [0.717, 1.165) is 30.2 Å². The van der Waals surface area contributed by atoms with Crippen LogP contribution in [0.15, 0.2) is 36.5 Å². The lowest BCUT2D eigenvalue weighted by molar-refractivity contribution is -0.132. The fraction of sp³-hybridized carbons (Fsp3) is 0.429. The zero-order valence-corrected chi connectivity index (χ0v) is 15.3. The van der Waals surface area contributed by atoms with Crippen molar-refractivity contribution < 1.29 is 4.79 Å². The first-order valence-electron chi connectivity index (χ1n) is 9.89. The van der Waals surface area contributed by atoms with Gasteiger partial charge in [-0.2, -0.15) is 9.61 Å². The molecule has 1 aliphatic heterocycles. The normalized spacial score (nSPS) is 23.2. The average molecular weight is 361 g/mol. The van der Waals surface area contributed by atoms with E-state index in [9.17, 15) is 4.79 Å². The van der Waals surface area contributed by atoms with Crippen molar-refractivity contribution >= 4 is 28.4 Å². The van der Waals surface area contributed by atoms with Crippen molar-refractivity contribution in [1.82, 2.24) is 24.7 Å². The van der Waals surface area contributed by atoms with E-state index in [1.165, 1.54) is 25.7 Å². The summed E-state index contributed by atoms with van der Waals surface area (Å²) in [6, 6.07) is 8.39. The van der Waals surface area contributed by atoms with Crippen LogP contribution in [0.3, 0.4) is 0 Å². The molecule has 1 saturated carbocycles. The molecule has 138 valence electrons. The lowest BCUT2D eigenvalue weighted by Crippen LogP contribution is -2.49. The van der Waals surface area contributed by atoms with Gasteiger partial charge in [-0.05, 0) is 37.7 Å². The van der Waals surface area contributed by atoms with E-state index in [2.05, 4.69) is 20.2 Å². The van der Waals surface area contributed by atoms with Crippen molar-refractivity contribution in [3.8, 4) is 0 Å². The van der Waals surface area contributed by atoms with Gasteiger partial charge in [0.1, 0.15) is 0 Å². The van der Waals surface area contributed by atoms with Gasteiger partial charge in [-0.25, -0.2) is 0 Å². The van der Waals surface area contributed by atoms with Crippen molar-refractivity contribution in [2.24, 2.45) is 5.92 Å².